The number of nitrogens with one attached hydrogen (secondary N) is 1. The lowest BCUT2D eigenvalue weighted by molar-refractivity contribution is 0.155. The zero-order chi connectivity index (χ0) is 13.3. The molecule has 2 aliphatic rings. The number of piperidine rings is 2. The standard InChI is InChI=1S/C15H20Cl2N2/c16-13-2-1-12(11-14(13)17)19-9-5-15(6-10-19)3-7-18-8-4-15/h1-2,11,18H,3-10H2. The smallest absolute Gasteiger partial charge is 0.0612 e. The Morgan fingerprint density at radius 2 is 1.63 bits per heavy atom. The average Bonchev–Trinajstić information content (AvgIpc) is 2.44. The lowest BCUT2D eigenvalue weighted by atomic mass is 9.71. The molecule has 0 aromatic heterocycles. The summed E-state index contributed by atoms with van der Waals surface area (Å²) < 4.78 is 0. The molecule has 2 heterocycles. The minimum absolute atomic E-state index is 0.595. The summed E-state index contributed by atoms with van der Waals surface area (Å²) in [5.74, 6) is 0. The maximum absolute atomic E-state index is 6.11. The van der Waals surface area contributed by atoms with Gasteiger partial charge in [-0.3, -0.25) is 0 Å². The van der Waals surface area contributed by atoms with Gasteiger partial charge in [-0.15, -0.1) is 0 Å². The molecule has 0 aliphatic carbocycles. The first-order valence-electron chi connectivity index (χ1n) is 7.09. The van der Waals surface area contributed by atoms with Crippen LogP contribution in [-0.4, -0.2) is 26.2 Å². The van der Waals surface area contributed by atoms with Crippen molar-refractivity contribution in [2.75, 3.05) is 31.1 Å². The second-order valence-electron chi connectivity index (χ2n) is 5.84. The molecule has 1 N–H and O–H groups in total. The Bertz CT molecular complexity index is 445. The van der Waals surface area contributed by atoms with Crippen LogP contribution in [0.3, 0.4) is 0 Å². The first-order chi connectivity index (χ1) is 9.19. The minimum Gasteiger partial charge on any atom is -0.371 e. The molecule has 2 nitrogen and oxygen atoms in total. The van der Waals surface area contributed by atoms with E-state index in [2.05, 4.69) is 16.3 Å². The summed E-state index contributed by atoms with van der Waals surface area (Å²) >= 11 is 12.1. The Morgan fingerprint density at radius 3 is 2.26 bits per heavy atom. The summed E-state index contributed by atoms with van der Waals surface area (Å²) in [6.07, 6.45) is 5.27. The third-order valence-corrected chi connectivity index (χ3v) is 5.50. The van der Waals surface area contributed by atoms with Crippen molar-refractivity contribution in [3.63, 3.8) is 0 Å². The van der Waals surface area contributed by atoms with Crippen LogP contribution in [0.15, 0.2) is 18.2 Å². The first kappa shape index (κ1) is 13.5. The average molecular weight is 299 g/mol. The molecule has 1 spiro atoms. The number of nitrogens with zero attached hydrogens (tertiary/aromatic N) is 1. The molecule has 1 aromatic rings. The van der Waals surface area contributed by atoms with E-state index in [0.717, 1.165) is 13.1 Å². The van der Waals surface area contributed by atoms with Crippen LogP contribution in [0.5, 0.6) is 0 Å². The number of halogens is 2. The molecule has 0 bridgehead atoms. The highest BCUT2D eigenvalue weighted by Gasteiger charge is 2.35. The van der Waals surface area contributed by atoms with Gasteiger partial charge in [0.1, 0.15) is 0 Å². The molecule has 2 fully saturated rings. The summed E-state index contributed by atoms with van der Waals surface area (Å²) in [5, 5.41) is 4.76. The van der Waals surface area contributed by atoms with Crippen LogP contribution < -0.4 is 10.2 Å². The van der Waals surface area contributed by atoms with Crippen LogP contribution in [-0.2, 0) is 0 Å². The number of anilines is 1. The largest absolute Gasteiger partial charge is 0.371 e. The second-order valence-corrected chi connectivity index (χ2v) is 6.65. The van der Waals surface area contributed by atoms with Crippen LogP contribution in [0.1, 0.15) is 25.7 Å². The second kappa shape index (κ2) is 5.51. The molecular formula is C15H20Cl2N2. The zero-order valence-corrected chi connectivity index (χ0v) is 12.6. The van der Waals surface area contributed by atoms with Gasteiger partial charge in [-0.05, 0) is 62.4 Å². The van der Waals surface area contributed by atoms with Crippen LogP contribution in [0.25, 0.3) is 0 Å². The summed E-state index contributed by atoms with van der Waals surface area (Å²) in [4.78, 5) is 2.44. The van der Waals surface area contributed by atoms with E-state index >= 15 is 0 Å². The van der Waals surface area contributed by atoms with E-state index in [1.807, 2.05) is 12.1 Å². The molecule has 104 valence electrons. The molecule has 2 aliphatic heterocycles. The molecule has 1 aromatic carbocycles. The molecule has 3 rings (SSSR count). The monoisotopic (exact) mass is 298 g/mol. The van der Waals surface area contributed by atoms with Gasteiger partial charge >= 0.3 is 0 Å². The van der Waals surface area contributed by atoms with Crippen LogP contribution in [0, 0.1) is 5.41 Å². The van der Waals surface area contributed by atoms with E-state index < -0.39 is 0 Å². The molecule has 0 atom stereocenters. The molecule has 4 heteroatoms. The number of hydrogen-bond donors (Lipinski definition) is 1. The number of benzene rings is 1. The van der Waals surface area contributed by atoms with Crippen LogP contribution in [0.2, 0.25) is 10.0 Å². The fraction of sp³-hybridized carbons (Fsp3) is 0.600. The minimum atomic E-state index is 0.595. The lowest BCUT2D eigenvalue weighted by Gasteiger charge is -2.45. The summed E-state index contributed by atoms with van der Waals surface area (Å²) in [7, 11) is 0. The van der Waals surface area contributed by atoms with Crippen molar-refractivity contribution >= 4 is 28.9 Å². The predicted molar refractivity (Wildman–Crippen MR) is 82.4 cm³/mol. The highest BCUT2D eigenvalue weighted by Crippen LogP contribution is 2.41. The van der Waals surface area contributed by atoms with Gasteiger partial charge in [-0.2, -0.15) is 0 Å². The highest BCUT2D eigenvalue weighted by atomic mass is 35.5. The van der Waals surface area contributed by atoms with Gasteiger partial charge in [0.2, 0.25) is 0 Å². The Balaban J connectivity index is 1.67. The van der Waals surface area contributed by atoms with E-state index in [9.17, 15) is 0 Å². The fourth-order valence-electron chi connectivity index (χ4n) is 3.38. The van der Waals surface area contributed by atoms with Gasteiger partial charge in [-0.1, -0.05) is 23.2 Å². The van der Waals surface area contributed by atoms with E-state index in [4.69, 9.17) is 23.2 Å². The summed E-state index contributed by atoms with van der Waals surface area (Å²) in [5.41, 5.74) is 1.80. The van der Waals surface area contributed by atoms with E-state index in [-0.39, 0.29) is 0 Å². The third kappa shape index (κ3) is 2.86. The topological polar surface area (TPSA) is 15.3 Å². The molecule has 0 saturated carbocycles. The van der Waals surface area contributed by atoms with Crippen LogP contribution >= 0.6 is 23.2 Å². The van der Waals surface area contributed by atoms with Crippen LogP contribution in [0.4, 0.5) is 5.69 Å². The van der Waals surface area contributed by atoms with Crippen molar-refractivity contribution in [3.8, 4) is 0 Å². The molecule has 0 amide bonds. The van der Waals surface area contributed by atoms with Crippen molar-refractivity contribution in [2.24, 2.45) is 5.41 Å². The van der Waals surface area contributed by atoms with Gasteiger partial charge in [0.15, 0.2) is 0 Å². The van der Waals surface area contributed by atoms with E-state index in [1.54, 1.807) is 0 Å². The summed E-state index contributed by atoms with van der Waals surface area (Å²) in [6.45, 7) is 4.65. The van der Waals surface area contributed by atoms with Crippen molar-refractivity contribution in [1.29, 1.82) is 0 Å². The van der Waals surface area contributed by atoms with E-state index in [1.165, 1.54) is 44.5 Å². The molecule has 0 radical (unpaired) electrons. The first-order valence-corrected chi connectivity index (χ1v) is 7.85. The summed E-state index contributed by atoms with van der Waals surface area (Å²) in [6, 6.07) is 5.97. The van der Waals surface area contributed by atoms with Crippen molar-refractivity contribution in [1.82, 2.24) is 5.32 Å². The maximum Gasteiger partial charge on any atom is 0.0612 e. The predicted octanol–water partition coefficient (Wildman–Crippen LogP) is 3.96. The van der Waals surface area contributed by atoms with Gasteiger partial charge in [0, 0.05) is 18.8 Å². The SMILES string of the molecule is Clc1ccc(N2CCC3(CCNCC3)CC2)cc1Cl. The van der Waals surface area contributed by atoms with E-state index in [0.29, 0.717) is 15.5 Å². The third-order valence-electron chi connectivity index (χ3n) is 4.76. The quantitative estimate of drug-likeness (QED) is 0.844. The Kier molecular flexibility index (Phi) is 3.93. The fourth-order valence-corrected chi connectivity index (χ4v) is 3.67. The van der Waals surface area contributed by atoms with Gasteiger partial charge in [-0.25, -0.2) is 0 Å². The number of rotatable bonds is 1. The van der Waals surface area contributed by atoms with Gasteiger partial charge in [0.05, 0.1) is 10.0 Å². The molecule has 0 unspecified atom stereocenters. The highest BCUT2D eigenvalue weighted by molar-refractivity contribution is 6.42. The molecular weight excluding hydrogens is 279 g/mol. The maximum atomic E-state index is 6.11. The van der Waals surface area contributed by atoms with Crippen molar-refractivity contribution < 1.29 is 0 Å². The normalized spacial score (nSPS) is 22.7. The Hall–Kier alpha value is -0.440. The molecule has 19 heavy (non-hydrogen) atoms. The Morgan fingerprint density at radius 1 is 0.947 bits per heavy atom. The van der Waals surface area contributed by atoms with Crippen molar-refractivity contribution in [3.05, 3.63) is 28.2 Å². The van der Waals surface area contributed by atoms with Gasteiger partial charge < -0.3 is 10.2 Å². The van der Waals surface area contributed by atoms with Crippen molar-refractivity contribution in [2.45, 2.75) is 25.7 Å². The molecule has 2 saturated heterocycles. The number of hydrogen-bond acceptors (Lipinski definition) is 2. The Labute approximate surface area is 125 Å². The van der Waals surface area contributed by atoms with Gasteiger partial charge in [0.25, 0.3) is 0 Å². The zero-order valence-electron chi connectivity index (χ0n) is 11.1. The lowest BCUT2D eigenvalue weighted by Crippen LogP contribution is -2.45.